The number of tetrazole rings is 1. The van der Waals surface area contributed by atoms with Crippen molar-refractivity contribution in [1.29, 1.82) is 0 Å². The average molecular weight is 419 g/mol. The highest BCUT2D eigenvalue weighted by atomic mass is 19.4. The Kier molecular flexibility index (Phi) is 6.16. The van der Waals surface area contributed by atoms with Crippen molar-refractivity contribution in [3.63, 3.8) is 0 Å². The number of aromatic nitrogens is 4. The van der Waals surface area contributed by atoms with Crippen LogP contribution in [0.5, 0.6) is 0 Å². The zero-order valence-corrected chi connectivity index (χ0v) is 16.6. The summed E-state index contributed by atoms with van der Waals surface area (Å²) in [6, 6.07) is 11.6. The van der Waals surface area contributed by atoms with Crippen LogP contribution in [0.1, 0.15) is 28.7 Å². The summed E-state index contributed by atoms with van der Waals surface area (Å²) < 4.78 is 45.5. The second-order valence-corrected chi connectivity index (χ2v) is 6.88. The predicted molar refractivity (Wildman–Crippen MR) is 103 cm³/mol. The lowest BCUT2D eigenvalue weighted by Crippen LogP contribution is -2.35. The molecule has 30 heavy (non-hydrogen) atoms. The molecule has 10 heteroatoms. The van der Waals surface area contributed by atoms with E-state index in [0.717, 1.165) is 11.1 Å². The highest BCUT2D eigenvalue weighted by molar-refractivity contribution is 5.96. The van der Waals surface area contributed by atoms with Gasteiger partial charge in [-0.1, -0.05) is 29.8 Å². The van der Waals surface area contributed by atoms with Gasteiger partial charge in [0.05, 0.1) is 12.3 Å². The van der Waals surface area contributed by atoms with Gasteiger partial charge in [0.25, 0.3) is 11.7 Å². The first kappa shape index (κ1) is 21.4. The zero-order chi connectivity index (χ0) is 21.9. The molecular weight excluding hydrogens is 399 g/mol. The van der Waals surface area contributed by atoms with Gasteiger partial charge in [0.2, 0.25) is 0 Å². The maximum atomic E-state index is 13.3. The first-order valence-corrected chi connectivity index (χ1v) is 9.07. The molecule has 0 saturated carbocycles. The van der Waals surface area contributed by atoms with Gasteiger partial charge in [0.1, 0.15) is 0 Å². The average Bonchev–Trinajstić information content (AvgIpc) is 3.19. The number of alkyl halides is 3. The second-order valence-electron chi connectivity index (χ2n) is 6.88. The number of benzene rings is 2. The Labute approximate surface area is 170 Å². The molecule has 0 spiro atoms. The molecule has 0 aliphatic heterocycles. The first-order chi connectivity index (χ1) is 14.2. The summed E-state index contributed by atoms with van der Waals surface area (Å²) in [6.07, 6.45) is -4.75. The van der Waals surface area contributed by atoms with Gasteiger partial charge < -0.3 is 10.1 Å². The van der Waals surface area contributed by atoms with E-state index >= 15 is 0 Å². The van der Waals surface area contributed by atoms with Crippen LogP contribution >= 0.6 is 0 Å². The molecule has 0 bridgehead atoms. The molecule has 1 atom stereocenters. The second kappa shape index (κ2) is 8.62. The number of ether oxygens (including phenoxy) is 1. The first-order valence-electron chi connectivity index (χ1n) is 9.07. The van der Waals surface area contributed by atoms with Crippen LogP contribution in [0.2, 0.25) is 0 Å². The Morgan fingerprint density at radius 1 is 1.17 bits per heavy atom. The molecule has 0 aliphatic carbocycles. The molecule has 158 valence electrons. The van der Waals surface area contributed by atoms with Gasteiger partial charge >= 0.3 is 6.18 Å². The van der Waals surface area contributed by atoms with Crippen molar-refractivity contribution in [2.75, 3.05) is 13.7 Å². The number of nitrogens with zero attached hydrogens (tertiary/aromatic N) is 4. The van der Waals surface area contributed by atoms with Crippen LogP contribution in [0, 0.1) is 6.92 Å². The van der Waals surface area contributed by atoms with Crippen molar-refractivity contribution in [3.8, 4) is 16.8 Å². The number of amides is 1. The van der Waals surface area contributed by atoms with Gasteiger partial charge in [-0.15, -0.1) is 5.10 Å². The lowest BCUT2D eigenvalue weighted by molar-refractivity contribution is -0.146. The Morgan fingerprint density at radius 3 is 2.50 bits per heavy atom. The molecule has 1 aromatic heterocycles. The van der Waals surface area contributed by atoms with Gasteiger partial charge in [0, 0.05) is 18.7 Å². The fourth-order valence-electron chi connectivity index (χ4n) is 2.91. The van der Waals surface area contributed by atoms with Gasteiger partial charge in [-0.25, -0.2) is 0 Å². The van der Waals surface area contributed by atoms with Crippen molar-refractivity contribution in [2.45, 2.75) is 26.1 Å². The maximum Gasteiger partial charge on any atom is 0.453 e. The SMILES string of the molecule is COC[C@H](C)NC(=O)c1cc(-c2ccc(C)cc2)cc(-n2nnnc2C(F)(F)F)c1. The molecule has 0 saturated heterocycles. The van der Waals surface area contributed by atoms with E-state index in [1.54, 1.807) is 13.0 Å². The van der Waals surface area contributed by atoms with E-state index in [2.05, 4.69) is 20.8 Å². The highest BCUT2D eigenvalue weighted by Crippen LogP contribution is 2.30. The van der Waals surface area contributed by atoms with Crippen molar-refractivity contribution >= 4 is 5.91 Å². The Bertz CT molecular complexity index is 1030. The molecule has 0 fully saturated rings. The molecule has 0 aliphatic rings. The van der Waals surface area contributed by atoms with E-state index < -0.39 is 17.9 Å². The van der Waals surface area contributed by atoms with Crippen LogP contribution in [-0.2, 0) is 10.9 Å². The minimum Gasteiger partial charge on any atom is -0.383 e. The van der Waals surface area contributed by atoms with E-state index in [1.807, 2.05) is 31.2 Å². The molecular formula is C20H20F3N5O2. The number of carbonyl (C=O) groups excluding carboxylic acids is 1. The normalized spacial score (nSPS) is 12.6. The third kappa shape index (κ3) is 4.82. The summed E-state index contributed by atoms with van der Waals surface area (Å²) in [6.45, 7) is 3.98. The fraction of sp³-hybridized carbons (Fsp3) is 0.300. The van der Waals surface area contributed by atoms with Gasteiger partial charge in [-0.05, 0) is 53.6 Å². The van der Waals surface area contributed by atoms with Crippen LogP contribution in [-0.4, -0.2) is 45.9 Å². The third-order valence-electron chi connectivity index (χ3n) is 4.33. The van der Waals surface area contributed by atoms with E-state index in [4.69, 9.17) is 4.74 Å². The molecule has 7 nitrogen and oxygen atoms in total. The number of nitrogens with one attached hydrogen (secondary N) is 1. The van der Waals surface area contributed by atoms with Crippen LogP contribution in [0.25, 0.3) is 16.8 Å². The number of aryl methyl sites for hydroxylation is 1. The van der Waals surface area contributed by atoms with Crippen LogP contribution in [0.15, 0.2) is 42.5 Å². The maximum absolute atomic E-state index is 13.3. The topological polar surface area (TPSA) is 81.9 Å². The number of hydrogen-bond acceptors (Lipinski definition) is 5. The molecule has 2 aromatic carbocycles. The largest absolute Gasteiger partial charge is 0.453 e. The molecule has 3 rings (SSSR count). The van der Waals surface area contributed by atoms with Crippen molar-refractivity contribution in [2.24, 2.45) is 0 Å². The van der Waals surface area contributed by atoms with E-state index in [9.17, 15) is 18.0 Å². The number of hydrogen-bond donors (Lipinski definition) is 1. The van der Waals surface area contributed by atoms with Crippen molar-refractivity contribution < 1.29 is 22.7 Å². The zero-order valence-electron chi connectivity index (χ0n) is 16.6. The molecule has 1 heterocycles. The lowest BCUT2D eigenvalue weighted by atomic mass is 10.0. The van der Waals surface area contributed by atoms with Crippen LogP contribution in [0.3, 0.4) is 0 Å². The summed E-state index contributed by atoms with van der Waals surface area (Å²) in [5.74, 6) is -1.72. The summed E-state index contributed by atoms with van der Waals surface area (Å²) in [5.41, 5.74) is 2.52. The summed E-state index contributed by atoms with van der Waals surface area (Å²) in [4.78, 5) is 12.7. The highest BCUT2D eigenvalue weighted by Gasteiger charge is 2.38. The van der Waals surface area contributed by atoms with Crippen molar-refractivity contribution in [3.05, 3.63) is 59.4 Å². The summed E-state index contributed by atoms with van der Waals surface area (Å²) in [5, 5.41) is 12.5. The summed E-state index contributed by atoms with van der Waals surface area (Å²) >= 11 is 0. The quantitative estimate of drug-likeness (QED) is 0.662. The summed E-state index contributed by atoms with van der Waals surface area (Å²) in [7, 11) is 1.51. The minimum absolute atomic E-state index is 0.0231. The van der Waals surface area contributed by atoms with E-state index in [1.165, 1.54) is 19.2 Å². The number of methoxy groups -OCH3 is 1. The minimum atomic E-state index is -4.75. The monoisotopic (exact) mass is 419 g/mol. The fourth-order valence-corrected chi connectivity index (χ4v) is 2.91. The van der Waals surface area contributed by atoms with E-state index in [-0.39, 0.29) is 17.3 Å². The Morgan fingerprint density at radius 2 is 1.87 bits per heavy atom. The Balaban J connectivity index is 2.10. The number of halogens is 3. The Hall–Kier alpha value is -3.27. The van der Waals surface area contributed by atoms with Gasteiger partial charge in [-0.2, -0.15) is 17.9 Å². The van der Waals surface area contributed by atoms with Gasteiger partial charge in [-0.3, -0.25) is 4.79 Å². The van der Waals surface area contributed by atoms with E-state index in [0.29, 0.717) is 16.9 Å². The number of rotatable bonds is 6. The molecule has 1 amide bonds. The smallest absolute Gasteiger partial charge is 0.383 e. The lowest BCUT2D eigenvalue weighted by Gasteiger charge is -2.15. The molecule has 0 unspecified atom stereocenters. The molecule has 3 aromatic rings. The molecule has 1 N–H and O–H groups in total. The molecule has 0 radical (unpaired) electrons. The predicted octanol–water partition coefficient (Wildman–Crippen LogP) is 3.42. The van der Waals surface area contributed by atoms with Gasteiger partial charge in [0.15, 0.2) is 0 Å². The van der Waals surface area contributed by atoms with Crippen LogP contribution < -0.4 is 5.32 Å². The number of carbonyl (C=O) groups is 1. The third-order valence-corrected chi connectivity index (χ3v) is 4.33. The standard InChI is InChI=1S/C20H20F3N5O2/c1-12-4-6-14(7-5-12)15-8-16(18(29)24-13(2)11-30-3)10-17(9-15)28-19(20(21,22)23)25-26-27-28/h4-10,13H,11H2,1-3H3,(H,24,29)/t13-/m0/s1. The van der Waals surface area contributed by atoms with Crippen LogP contribution in [0.4, 0.5) is 13.2 Å². The van der Waals surface area contributed by atoms with Crippen molar-refractivity contribution in [1.82, 2.24) is 25.5 Å².